The van der Waals surface area contributed by atoms with E-state index in [4.69, 9.17) is 14.9 Å². The van der Waals surface area contributed by atoms with E-state index in [2.05, 4.69) is 10.5 Å². The van der Waals surface area contributed by atoms with Gasteiger partial charge in [-0.3, -0.25) is 5.32 Å². The van der Waals surface area contributed by atoms with Crippen LogP contribution >= 0.6 is 0 Å². The van der Waals surface area contributed by atoms with Crippen molar-refractivity contribution in [3.63, 3.8) is 0 Å². The van der Waals surface area contributed by atoms with Crippen LogP contribution in [0.3, 0.4) is 0 Å². The van der Waals surface area contributed by atoms with Crippen LogP contribution in [-0.2, 0) is 0 Å². The zero-order valence-corrected chi connectivity index (χ0v) is 9.47. The third-order valence-electron chi connectivity index (χ3n) is 2.37. The lowest BCUT2D eigenvalue weighted by atomic mass is 10.1. The van der Waals surface area contributed by atoms with E-state index in [0.29, 0.717) is 28.3 Å². The van der Waals surface area contributed by atoms with Gasteiger partial charge < -0.3 is 9.63 Å². The first kappa shape index (κ1) is 11.7. The molecule has 0 aliphatic rings. The Morgan fingerprint density at radius 3 is 2.67 bits per heavy atom. The van der Waals surface area contributed by atoms with Crippen LogP contribution in [0.25, 0.3) is 11.3 Å². The van der Waals surface area contributed by atoms with Gasteiger partial charge in [0, 0.05) is 5.56 Å². The number of nitrogens with one attached hydrogen (secondary N) is 1. The molecule has 0 spiro atoms. The van der Waals surface area contributed by atoms with E-state index in [1.807, 2.05) is 6.07 Å². The topological polar surface area (TPSA) is 99.2 Å². The molecule has 6 nitrogen and oxygen atoms in total. The molecule has 0 saturated heterocycles. The third-order valence-corrected chi connectivity index (χ3v) is 2.37. The Balaban J connectivity index is 2.44. The summed E-state index contributed by atoms with van der Waals surface area (Å²) < 4.78 is 5.10. The molecular weight excluding hydrogens is 234 g/mol. The summed E-state index contributed by atoms with van der Waals surface area (Å²) in [5.41, 5.74) is 1.94. The zero-order chi connectivity index (χ0) is 13.1. The number of nitriles is 1. The van der Waals surface area contributed by atoms with Crippen LogP contribution in [-0.4, -0.2) is 16.4 Å². The Hall–Kier alpha value is -2.81. The molecule has 1 heterocycles. The highest BCUT2D eigenvalue weighted by molar-refractivity contribution is 5.89. The van der Waals surface area contributed by atoms with E-state index >= 15 is 0 Å². The standard InChI is InChI=1S/C12H9N3O3/c1-7-10(14-12(16)17)11(18-15-7)9-4-2-8(6-13)3-5-9/h2-5,14H,1H3,(H,16,17). The van der Waals surface area contributed by atoms with Crippen LogP contribution in [0.1, 0.15) is 11.3 Å². The van der Waals surface area contributed by atoms with Gasteiger partial charge in [-0.2, -0.15) is 5.26 Å². The number of carboxylic acid groups (broad SMARTS) is 1. The summed E-state index contributed by atoms with van der Waals surface area (Å²) in [6, 6.07) is 8.59. The van der Waals surface area contributed by atoms with Crippen LogP contribution in [0.2, 0.25) is 0 Å². The van der Waals surface area contributed by atoms with Crippen LogP contribution in [0, 0.1) is 18.3 Å². The molecule has 2 N–H and O–H groups in total. The van der Waals surface area contributed by atoms with Crippen LogP contribution < -0.4 is 5.32 Å². The predicted molar refractivity (Wildman–Crippen MR) is 63.0 cm³/mol. The minimum absolute atomic E-state index is 0.312. The van der Waals surface area contributed by atoms with E-state index < -0.39 is 6.09 Å². The summed E-state index contributed by atoms with van der Waals surface area (Å²) in [6.07, 6.45) is -1.18. The van der Waals surface area contributed by atoms with Crippen LogP contribution in [0.5, 0.6) is 0 Å². The van der Waals surface area contributed by atoms with Gasteiger partial charge in [-0.05, 0) is 31.2 Å². The summed E-state index contributed by atoms with van der Waals surface area (Å²) in [4.78, 5) is 10.7. The summed E-state index contributed by atoms with van der Waals surface area (Å²) in [5.74, 6) is 0.333. The zero-order valence-electron chi connectivity index (χ0n) is 9.47. The monoisotopic (exact) mass is 243 g/mol. The SMILES string of the molecule is Cc1noc(-c2ccc(C#N)cc2)c1NC(=O)O. The number of aryl methyl sites for hydroxylation is 1. The first-order chi connectivity index (χ1) is 8.61. The van der Waals surface area contributed by atoms with Gasteiger partial charge in [0.05, 0.1) is 11.6 Å². The van der Waals surface area contributed by atoms with Crippen molar-refractivity contribution in [2.24, 2.45) is 0 Å². The van der Waals surface area contributed by atoms with Crippen molar-refractivity contribution >= 4 is 11.8 Å². The number of hydrogen-bond donors (Lipinski definition) is 2. The molecule has 1 amide bonds. The molecule has 0 unspecified atom stereocenters. The molecule has 2 rings (SSSR count). The Labute approximate surface area is 102 Å². The van der Waals surface area contributed by atoms with Gasteiger partial charge in [-0.25, -0.2) is 4.79 Å². The maximum absolute atomic E-state index is 10.7. The van der Waals surface area contributed by atoms with Crippen molar-refractivity contribution in [2.45, 2.75) is 6.92 Å². The Morgan fingerprint density at radius 1 is 1.44 bits per heavy atom. The summed E-state index contributed by atoms with van der Waals surface area (Å²) >= 11 is 0. The van der Waals surface area contributed by atoms with Crippen molar-refractivity contribution in [2.75, 3.05) is 5.32 Å². The number of benzene rings is 1. The molecule has 0 bridgehead atoms. The number of aromatic nitrogens is 1. The van der Waals surface area contributed by atoms with Crippen molar-refractivity contribution in [1.82, 2.24) is 5.16 Å². The van der Waals surface area contributed by atoms with Gasteiger partial charge in [-0.15, -0.1) is 0 Å². The molecule has 6 heteroatoms. The second-order valence-electron chi connectivity index (χ2n) is 3.59. The molecule has 18 heavy (non-hydrogen) atoms. The van der Waals surface area contributed by atoms with E-state index in [0.717, 1.165) is 0 Å². The lowest BCUT2D eigenvalue weighted by molar-refractivity contribution is 0.209. The number of anilines is 1. The van der Waals surface area contributed by atoms with Crippen molar-refractivity contribution in [3.05, 3.63) is 35.5 Å². The summed E-state index contributed by atoms with van der Waals surface area (Å²) in [6.45, 7) is 1.64. The molecule has 1 aromatic carbocycles. The van der Waals surface area contributed by atoms with E-state index in [-0.39, 0.29) is 0 Å². The smallest absolute Gasteiger partial charge is 0.409 e. The van der Waals surface area contributed by atoms with Crippen molar-refractivity contribution in [1.29, 1.82) is 5.26 Å². The fourth-order valence-corrected chi connectivity index (χ4v) is 1.52. The van der Waals surface area contributed by atoms with Gasteiger partial charge >= 0.3 is 6.09 Å². The van der Waals surface area contributed by atoms with Crippen molar-refractivity contribution in [3.8, 4) is 17.4 Å². The molecule has 0 radical (unpaired) electrons. The first-order valence-electron chi connectivity index (χ1n) is 5.08. The quantitative estimate of drug-likeness (QED) is 0.844. The normalized spacial score (nSPS) is 9.78. The van der Waals surface area contributed by atoms with E-state index in [1.54, 1.807) is 31.2 Å². The number of rotatable bonds is 2. The molecule has 0 saturated carbocycles. The molecule has 2 aromatic rings. The minimum atomic E-state index is -1.18. The van der Waals surface area contributed by atoms with E-state index in [1.165, 1.54) is 0 Å². The van der Waals surface area contributed by atoms with Crippen LogP contribution in [0.15, 0.2) is 28.8 Å². The number of carbonyl (C=O) groups is 1. The lowest BCUT2D eigenvalue weighted by Gasteiger charge is -2.01. The summed E-state index contributed by atoms with van der Waals surface area (Å²) in [7, 11) is 0. The Morgan fingerprint density at radius 2 is 2.11 bits per heavy atom. The van der Waals surface area contributed by atoms with E-state index in [9.17, 15) is 4.79 Å². The van der Waals surface area contributed by atoms with Gasteiger partial charge in [0.1, 0.15) is 11.4 Å². The van der Waals surface area contributed by atoms with Gasteiger partial charge in [0.25, 0.3) is 0 Å². The number of hydrogen-bond acceptors (Lipinski definition) is 4. The summed E-state index contributed by atoms with van der Waals surface area (Å²) in [5, 5.41) is 23.4. The molecule has 0 fully saturated rings. The van der Waals surface area contributed by atoms with Gasteiger partial charge in [0.2, 0.25) is 0 Å². The fourth-order valence-electron chi connectivity index (χ4n) is 1.52. The number of nitrogens with zero attached hydrogens (tertiary/aromatic N) is 2. The number of amides is 1. The fraction of sp³-hybridized carbons (Fsp3) is 0.0833. The second-order valence-corrected chi connectivity index (χ2v) is 3.59. The lowest BCUT2D eigenvalue weighted by Crippen LogP contribution is -2.08. The average Bonchev–Trinajstić information content (AvgIpc) is 2.71. The first-order valence-corrected chi connectivity index (χ1v) is 5.08. The molecule has 1 aromatic heterocycles. The average molecular weight is 243 g/mol. The minimum Gasteiger partial charge on any atom is -0.465 e. The van der Waals surface area contributed by atoms with Gasteiger partial charge in [0.15, 0.2) is 5.76 Å². The molecular formula is C12H9N3O3. The maximum Gasteiger partial charge on any atom is 0.409 e. The molecule has 90 valence electrons. The highest BCUT2D eigenvalue weighted by atomic mass is 16.5. The molecule has 0 aliphatic heterocycles. The highest BCUT2D eigenvalue weighted by Gasteiger charge is 2.16. The Bertz CT molecular complexity index is 623. The van der Waals surface area contributed by atoms with Crippen LogP contribution in [0.4, 0.5) is 10.5 Å². The van der Waals surface area contributed by atoms with Crippen molar-refractivity contribution < 1.29 is 14.4 Å². The molecule has 0 atom stereocenters. The Kier molecular flexibility index (Phi) is 2.98. The van der Waals surface area contributed by atoms with Gasteiger partial charge in [-0.1, -0.05) is 5.16 Å². The maximum atomic E-state index is 10.7. The highest BCUT2D eigenvalue weighted by Crippen LogP contribution is 2.30. The largest absolute Gasteiger partial charge is 0.465 e. The third kappa shape index (κ3) is 2.15. The second kappa shape index (κ2) is 4.59. The predicted octanol–water partition coefficient (Wildman–Crippen LogP) is 2.61. The molecule has 0 aliphatic carbocycles.